The molecule has 1 aliphatic heterocycles. The van der Waals surface area contributed by atoms with E-state index < -0.39 is 0 Å². The van der Waals surface area contributed by atoms with Crippen LogP contribution in [0, 0.1) is 5.41 Å². The molecule has 128 valence electrons. The Kier molecular flexibility index (Phi) is 5.29. The number of carbonyl (C=O) groups excluding carboxylic acids is 2. The van der Waals surface area contributed by atoms with Crippen molar-refractivity contribution in [3.8, 4) is 5.75 Å². The number of rotatable bonds is 5. The van der Waals surface area contributed by atoms with Crippen molar-refractivity contribution in [2.45, 2.75) is 45.4 Å². The Hall–Kier alpha value is -1.75. The van der Waals surface area contributed by atoms with E-state index in [9.17, 15) is 9.59 Å². The summed E-state index contributed by atoms with van der Waals surface area (Å²) in [4.78, 5) is 23.2. The van der Waals surface area contributed by atoms with Crippen molar-refractivity contribution in [1.29, 1.82) is 0 Å². The largest absolute Gasteiger partial charge is 0.493 e. The lowest BCUT2D eigenvalue weighted by Gasteiger charge is -2.36. The van der Waals surface area contributed by atoms with Crippen LogP contribution in [0.3, 0.4) is 0 Å². The van der Waals surface area contributed by atoms with Gasteiger partial charge < -0.3 is 4.74 Å². The molecule has 5 heteroatoms. The summed E-state index contributed by atoms with van der Waals surface area (Å²) in [5.41, 5.74) is 1.22. The SMILES string of the molecule is CCC1(COc2ccc(C=C3SC(=O)NC3=O)cc2)CCCCC1. The maximum Gasteiger partial charge on any atom is 0.290 e. The van der Waals surface area contributed by atoms with Crippen molar-refractivity contribution in [2.75, 3.05) is 6.61 Å². The van der Waals surface area contributed by atoms with Gasteiger partial charge in [0.05, 0.1) is 11.5 Å². The zero-order valence-corrected chi connectivity index (χ0v) is 14.8. The van der Waals surface area contributed by atoms with Gasteiger partial charge in [0.2, 0.25) is 0 Å². The Bertz CT molecular complexity index is 645. The molecule has 3 rings (SSSR count). The number of hydrogen-bond acceptors (Lipinski definition) is 4. The number of ether oxygens (including phenoxy) is 1. The number of nitrogens with one attached hydrogen (secondary N) is 1. The van der Waals surface area contributed by atoms with E-state index in [1.54, 1.807) is 6.08 Å². The van der Waals surface area contributed by atoms with Gasteiger partial charge in [0.15, 0.2) is 0 Å². The highest BCUT2D eigenvalue weighted by molar-refractivity contribution is 8.18. The molecule has 24 heavy (non-hydrogen) atoms. The molecular weight excluding hydrogens is 322 g/mol. The van der Waals surface area contributed by atoms with Gasteiger partial charge in [-0.3, -0.25) is 14.9 Å². The average Bonchev–Trinajstić information content (AvgIpc) is 2.92. The minimum absolute atomic E-state index is 0.316. The van der Waals surface area contributed by atoms with Crippen LogP contribution in [0.2, 0.25) is 0 Å². The standard InChI is InChI=1S/C19H23NO3S/c1-2-19(10-4-3-5-11-19)13-23-15-8-6-14(7-9-15)12-16-17(21)20-18(22)24-16/h6-9,12H,2-5,10-11,13H2,1H3,(H,20,21,22). The fourth-order valence-electron chi connectivity index (χ4n) is 3.37. The molecule has 1 N–H and O–H groups in total. The number of carbonyl (C=O) groups is 2. The second-order valence-corrected chi connectivity index (χ2v) is 7.64. The molecule has 1 saturated carbocycles. The van der Waals surface area contributed by atoms with Crippen LogP contribution in [0.15, 0.2) is 29.2 Å². The number of imide groups is 1. The van der Waals surface area contributed by atoms with Crippen molar-refractivity contribution < 1.29 is 14.3 Å². The molecule has 1 aliphatic carbocycles. The van der Waals surface area contributed by atoms with Crippen LogP contribution in [0.25, 0.3) is 6.08 Å². The first-order valence-electron chi connectivity index (χ1n) is 8.58. The zero-order valence-electron chi connectivity index (χ0n) is 14.0. The highest BCUT2D eigenvalue weighted by Gasteiger charge is 2.31. The summed E-state index contributed by atoms with van der Waals surface area (Å²) >= 11 is 0.934. The number of hydrogen-bond donors (Lipinski definition) is 1. The van der Waals surface area contributed by atoms with Gasteiger partial charge in [-0.05, 0) is 54.8 Å². The van der Waals surface area contributed by atoms with Crippen LogP contribution in [0.4, 0.5) is 4.79 Å². The first-order valence-corrected chi connectivity index (χ1v) is 9.40. The molecule has 0 unspecified atom stereocenters. The molecule has 1 saturated heterocycles. The van der Waals surface area contributed by atoms with E-state index in [4.69, 9.17) is 4.74 Å². The molecule has 0 spiro atoms. The zero-order chi connectivity index (χ0) is 17.0. The van der Waals surface area contributed by atoms with E-state index in [0.717, 1.165) is 36.1 Å². The number of amides is 2. The molecular formula is C19H23NO3S. The second kappa shape index (κ2) is 7.43. The Morgan fingerprint density at radius 3 is 2.46 bits per heavy atom. The molecule has 0 bridgehead atoms. The first kappa shape index (κ1) is 17.1. The molecule has 0 atom stereocenters. The van der Waals surface area contributed by atoms with Crippen LogP contribution in [0.1, 0.15) is 51.0 Å². The summed E-state index contributed by atoms with van der Waals surface area (Å²) in [6, 6.07) is 7.69. The van der Waals surface area contributed by atoms with Crippen molar-refractivity contribution in [1.82, 2.24) is 5.32 Å². The van der Waals surface area contributed by atoms with Gasteiger partial charge in [0, 0.05) is 5.41 Å². The van der Waals surface area contributed by atoms with Crippen molar-refractivity contribution in [3.63, 3.8) is 0 Å². The van der Waals surface area contributed by atoms with Crippen LogP contribution in [-0.2, 0) is 4.79 Å². The van der Waals surface area contributed by atoms with Gasteiger partial charge in [-0.15, -0.1) is 0 Å². The summed E-state index contributed by atoms with van der Waals surface area (Å²) in [6.45, 7) is 3.03. The minimum atomic E-state index is -0.326. The minimum Gasteiger partial charge on any atom is -0.493 e. The fraction of sp³-hybridized carbons (Fsp3) is 0.474. The van der Waals surface area contributed by atoms with E-state index in [1.807, 2.05) is 24.3 Å². The maximum absolute atomic E-state index is 11.6. The predicted octanol–water partition coefficient (Wildman–Crippen LogP) is 4.75. The van der Waals surface area contributed by atoms with E-state index in [2.05, 4.69) is 12.2 Å². The quantitative estimate of drug-likeness (QED) is 0.783. The molecule has 1 aromatic rings. The van der Waals surface area contributed by atoms with Crippen molar-refractivity contribution >= 4 is 29.0 Å². The Labute approximate surface area is 147 Å². The summed E-state index contributed by atoms with van der Waals surface area (Å²) in [5, 5.41) is 1.94. The van der Waals surface area contributed by atoms with Gasteiger partial charge in [-0.25, -0.2) is 0 Å². The van der Waals surface area contributed by atoms with E-state index in [0.29, 0.717) is 10.3 Å². The monoisotopic (exact) mass is 345 g/mol. The molecule has 2 fully saturated rings. The highest BCUT2D eigenvalue weighted by atomic mass is 32.2. The second-order valence-electron chi connectivity index (χ2n) is 6.62. The van der Waals surface area contributed by atoms with E-state index in [-0.39, 0.29) is 11.1 Å². The van der Waals surface area contributed by atoms with Crippen molar-refractivity contribution in [2.24, 2.45) is 5.41 Å². The molecule has 4 nitrogen and oxygen atoms in total. The normalized spacial score (nSPS) is 21.8. The Morgan fingerprint density at radius 1 is 1.17 bits per heavy atom. The summed E-state index contributed by atoms with van der Waals surface area (Å²) in [7, 11) is 0. The predicted molar refractivity (Wildman–Crippen MR) is 96.9 cm³/mol. The third-order valence-corrected chi connectivity index (χ3v) is 5.84. The Balaban J connectivity index is 1.61. The molecule has 1 heterocycles. The molecule has 0 radical (unpaired) electrons. The maximum atomic E-state index is 11.6. The van der Waals surface area contributed by atoms with Crippen LogP contribution < -0.4 is 10.1 Å². The smallest absolute Gasteiger partial charge is 0.290 e. The third-order valence-electron chi connectivity index (χ3n) is 5.03. The molecule has 1 aromatic carbocycles. The molecule has 2 amide bonds. The topological polar surface area (TPSA) is 55.4 Å². The van der Waals surface area contributed by atoms with Crippen molar-refractivity contribution in [3.05, 3.63) is 34.7 Å². The highest BCUT2D eigenvalue weighted by Crippen LogP contribution is 2.39. The Morgan fingerprint density at radius 2 is 1.88 bits per heavy atom. The van der Waals surface area contributed by atoms with Crippen LogP contribution in [0.5, 0.6) is 5.75 Å². The summed E-state index contributed by atoms with van der Waals surface area (Å²) in [5.74, 6) is 0.530. The van der Waals surface area contributed by atoms with Crippen LogP contribution in [-0.4, -0.2) is 17.8 Å². The fourth-order valence-corrected chi connectivity index (χ4v) is 4.05. The van der Waals surface area contributed by atoms with Gasteiger partial charge in [0.25, 0.3) is 11.1 Å². The number of thioether (sulfide) groups is 1. The number of benzene rings is 1. The molecule has 2 aliphatic rings. The third kappa shape index (κ3) is 4.01. The summed E-state index contributed by atoms with van der Waals surface area (Å²) in [6.07, 6.45) is 9.37. The molecule has 0 aromatic heterocycles. The average molecular weight is 345 g/mol. The van der Waals surface area contributed by atoms with Gasteiger partial charge >= 0.3 is 0 Å². The van der Waals surface area contributed by atoms with E-state index in [1.165, 1.54) is 32.1 Å². The van der Waals surface area contributed by atoms with Crippen LogP contribution >= 0.6 is 11.8 Å². The van der Waals surface area contributed by atoms with Gasteiger partial charge in [-0.1, -0.05) is 38.3 Å². The lowest BCUT2D eigenvalue weighted by Crippen LogP contribution is -2.30. The lowest BCUT2D eigenvalue weighted by molar-refractivity contribution is -0.115. The van der Waals surface area contributed by atoms with Gasteiger partial charge in [0.1, 0.15) is 5.75 Å². The first-order chi connectivity index (χ1) is 11.6. The van der Waals surface area contributed by atoms with E-state index >= 15 is 0 Å². The lowest BCUT2D eigenvalue weighted by atomic mass is 9.73. The van der Waals surface area contributed by atoms with Gasteiger partial charge in [-0.2, -0.15) is 0 Å². The summed E-state index contributed by atoms with van der Waals surface area (Å²) < 4.78 is 6.04.